The van der Waals surface area contributed by atoms with E-state index in [0.29, 0.717) is 55.0 Å². The lowest BCUT2D eigenvalue weighted by Crippen LogP contribution is -2.55. The van der Waals surface area contributed by atoms with Gasteiger partial charge in [0.15, 0.2) is 17.9 Å². The van der Waals surface area contributed by atoms with E-state index < -0.39 is 42.0 Å². The molecule has 1 aliphatic rings. The number of nitrogens with one attached hydrogen (secondary N) is 4. The molecule has 0 saturated carbocycles. The predicted octanol–water partition coefficient (Wildman–Crippen LogP) is 3.57. The number of phenols is 1. The molecular formula is C40H46N10O6. The van der Waals surface area contributed by atoms with Gasteiger partial charge >= 0.3 is 6.09 Å². The van der Waals surface area contributed by atoms with E-state index in [-0.39, 0.29) is 30.4 Å². The summed E-state index contributed by atoms with van der Waals surface area (Å²) in [5.74, 6) is -1.20. The molecule has 56 heavy (non-hydrogen) atoms. The summed E-state index contributed by atoms with van der Waals surface area (Å²) < 4.78 is 11.1. The van der Waals surface area contributed by atoms with Crippen LogP contribution in [0, 0.1) is 25.2 Å². The van der Waals surface area contributed by atoms with Gasteiger partial charge in [0.25, 0.3) is 5.91 Å². The molecule has 3 atom stereocenters. The van der Waals surface area contributed by atoms with Gasteiger partial charge in [-0.2, -0.15) is 4.98 Å². The molecule has 292 valence electrons. The van der Waals surface area contributed by atoms with Crippen LogP contribution >= 0.6 is 0 Å². The Morgan fingerprint density at radius 1 is 0.982 bits per heavy atom. The molecule has 1 saturated heterocycles. The molecule has 16 nitrogen and oxygen atoms in total. The minimum atomic E-state index is -1.31. The molecule has 3 aromatic carbocycles. The van der Waals surface area contributed by atoms with Gasteiger partial charge in [0, 0.05) is 44.5 Å². The lowest BCUT2D eigenvalue weighted by Gasteiger charge is -2.35. The molecule has 9 N–H and O–H groups in total. The summed E-state index contributed by atoms with van der Waals surface area (Å²) in [6, 6.07) is 19.3. The summed E-state index contributed by atoms with van der Waals surface area (Å²) in [5, 5.41) is 28.0. The number of benzene rings is 3. The molecule has 3 amide bonds. The number of piperidine rings is 1. The number of likely N-dealkylation sites (tertiary alicyclic amines) is 1. The smallest absolute Gasteiger partial charge is 0.405 e. The zero-order valence-electron chi connectivity index (χ0n) is 31.2. The van der Waals surface area contributed by atoms with Gasteiger partial charge in [-0.25, -0.2) is 9.78 Å². The summed E-state index contributed by atoms with van der Waals surface area (Å²) in [7, 11) is 0. The number of aromatic amines is 1. The number of carbonyl (C=O) groups is 3. The van der Waals surface area contributed by atoms with Crippen molar-refractivity contribution in [1.82, 2.24) is 35.6 Å². The van der Waals surface area contributed by atoms with E-state index >= 15 is 0 Å². The molecule has 0 spiro atoms. The molecule has 1 aliphatic heterocycles. The Hall–Kier alpha value is -6.71. The largest absolute Gasteiger partial charge is 0.508 e. The maximum absolute atomic E-state index is 14.4. The second kappa shape index (κ2) is 17.6. The summed E-state index contributed by atoms with van der Waals surface area (Å²) in [6.45, 7) is 4.36. The molecule has 0 aliphatic carbocycles. The molecule has 1 fully saturated rings. The van der Waals surface area contributed by atoms with E-state index in [1.807, 2.05) is 54.6 Å². The van der Waals surface area contributed by atoms with Gasteiger partial charge in [-0.3, -0.25) is 15.0 Å². The van der Waals surface area contributed by atoms with E-state index in [2.05, 4.69) is 30.7 Å². The van der Waals surface area contributed by atoms with Crippen molar-refractivity contribution in [1.29, 1.82) is 5.41 Å². The van der Waals surface area contributed by atoms with Crippen LogP contribution in [0.4, 0.5) is 4.79 Å². The van der Waals surface area contributed by atoms with Gasteiger partial charge in [-0.15, -0.1) is 0 Å². The van der Waals surface area contributed by atoms with Crippen molar-refractivity contribution in [3.8, 4) is 16.9 Å². The van der Waals surface area contributed by atoms with Gasteiger partial charge in [-0.05, 0) is 72.2 Å². The zero-order valence-corrected chi connectivity index (χ0v) is 31.2. The number of ether oxygens (including phenoxy) is 1. The van der Waals surface area contributed by atoms with Crippen LogP contribution in [0.1, 0.15) is 58.5 Å². The van der Waals surface area contributed by atoms with E-state index in [9.17, 15) is 19.5 Å². The molecule has 0 bridgehead atoms. The Morgan fingerprint density at radius 2 is 1.66 bits per heavy atom. The first-order valence-corrected chi connectivity index (χ1v) is 18.3. The van der Waals surface area contributed by atoms with Crippen LogP contribution in [0.5, 0.6) is 5.75 Å². The SMILES string of the molecule is Cc1cc(O)cc(C)c1C[C@H](NC(=O)[C@H](OC(N)=O)C1CCN(C(=N)N)CC1)C(=O)N[C@@H](Cc1c[nH]cn1)c1nc(Cc2ccc(-c3ccccc3)cc2)no1. The molecule has 0 unspecified atom stereocenters. The number of amides is 3. The summed E-state index contributed by atoms with van der Waals surface area (Å²) >= 11 is 0. The normalized spacial score (nSPS) is 14.7. The third-order valence-corrected chi connectivity index (χ3v) is 10.0. The topological polar surface area (TPSA) is 251 Å². The van der Waals surface area contributed by atoms with E-state index in [1.165, 1.54) is 6.33 Å². The zero-order chi connectivity index (χ0) is 39.8. The van der Waals surface area contributed by atoms with Gasteiger partial charge in [-0.1, -0.05) is 59.8 Å². The Kier molecular flexibility index (Phi) is 12.3. The fraction of sp³-hybridized carbons (Fsp3) is 0.325. The lowest BCUT2D eigenvalue weighted by atomic mass is 9.90. The van der Waals surface area contributed by atoms with Crippen LogP contribution in [0.3, 0.4) is 0 Å². The third kappa shape index (κ3) is 9.88. The number of carbonyl (C=O) groups excluding carboxylic acids is 3. The van der Waals surface area contributed by atoms with Gasteiger partial charge in [0.2, 0.25) is 11.8 Å². The molecule has 3 heterocycles. The first-order valence-electron chi connectivity index (χ1n) is 18.3. The highest BCUT2D eigenvalue weighted by Gasteiger charge is 2.37. The van der Waals surface area contributed by atoms with Crippen LogP contribution in [0.25, 0.3) is 11.1 Å². The number of hydrogen-bond acceptors (Lipinski definition) is 10. The molecule has 6 rings (SSSR count). The van der Waals surface area contributed by atoms with Crippen molar-refractivity contribution in [2.24, 2.45) is 17.4 Å². The first-order chi connectivity index (χ1) is 26.9. The summed E-state index contributed by atoms with van der Waals surface area (Å²) in [6.07, 6.45) is 2.14. The van der Waals surface area contributed by atoms with E-state index in [0.717, 1.165) is 22.3 Å². The van der Waals surface area contributed by atoms with Crippen molar-refractivity contribution in [3.63, 3.8) is 0 Å². The highest BCUT2D eigenvalue weighted by atomic mass is 16.6. The number of aromatic hydroxyl groups is 1. The Morgan fingerprint density at radius 3 is 2.29 bits per heavy atom. The number of phenolic OH excluding ortho intramolecular Hbond substituents is 1. The standard InChI is InChI=1S/C40H46N10O6/c1-23-16-30(51)17-24(2)31(23)20-32(46-37(53)35(55-40(43)54)28-12-14-50(15-13-28)39(41)42)36(52)47-33(19-29-21-44-22-45-29)38-48-34(49-56-38)18-25-8-10-27(11-9-25)26-6-4-3-5-7-26/h3-11,16-17,21-22,28,32-33,35,51H,12-15,18-20H2,1-2H3,(H3,41,42)(H2,43,54)(H,44,45)(H,46,53)(H,47,52)/t32-,33-,35+/m0/s1. The second-order valence-electron chi connectivity index (χ2n) is 14.0. The third-order valence-electron chi connectivity index (χ3n) is 10.0. The number of H-pyrrole nitrogens is 1. The highest BCUT2D eigenvalue weighted by molar-refractivity contribution is 5.91. The summed E-state index contributed by atoms with van der Waals surface area (Å²) in [5.41, 5.74) is 17.0. The van der Waals surface area contributed by atoms with Gasteiger partial charge < -0.3 is 46.4 Å². The average Bonchev–Trinajstić information content (AvgIpc) is 3.87. The Balaban J connectivity index is 1.24. The molecule has 5 aromatic rings. The lowest BCUT2D eigenvalue weighted by molar-refractivity contribution is -0.137. The molecule has 2 aromatic heterocycles. The van der Waals surface area contributed by atoms with Crippen molar-refractivity contribution in [2.75, 3.05) is 13.1 Å². The summed E-state index contributed by atoms with van der Waals surface area (Å²) in [4.78, 5) is 54.0. The maximum atomic E-state index is 14.4. The number of rotatable bonds is 14. The number of nitrogens with two attached hydrogens (primary N) is 2. The van der Waals surface area contributed by atoms with Crippen LogP contribution in [0.2, 0.25) is 0 Å². The quantitative estimate of drug-likeness (QED) is 0.0636. The van der Waals surface area contributed by atoms with Crippen LogP contribution in [0.15, 0.2) is 83.8 Å². The number of aromatic nitrogens is 4. The number of nitrogens with zero attached hydrogens (tertiary/aromatic N) is 4. The number of primary amides is 1. The van der Waals surface area contributed by atoms with Crippen molar-refractivity contribution in [2.45, 2.75) is 64.1 Å². The Bertz CT molecular complexity index is 2110. The number of hydrogen-bond donors (Lipinski definition) is 7. The monoisotopic (exact) mass is 762 g/mol. The van der Waals surface area contributed by atoms with Crippen molar-refractivity contribution >= 4 is 23.9 Å². The average molecular weight is 763 g/mol. The fourth-order valence-corrected chi connectivity index (χ4v) is 7.08. The molecular weight excluding hydrogens is 717 g/mol. The number of imidazole rings is 1. The molecule has 0 radical (unpaired) electrons. The first kappa shape index (κ1) is 39.0. The second-order valence-corrected chi connectivity index (χ2v) is 14.0. The van der Waals surface area contributed by atoms with Crippen molar-refractivity contribution in [3.05, 3.63) is 119 Å². The van der Waals surface area contributed by atoms with Crippen molar-refractivity contribution < 1.29 is 28.8 Å². The number of guanidine groups is 1. The fourth-order valence-electron chi connectivity index (χ4n) is 7.08. The highest BCUT2D eigenvalue weighted by Crippen LogP contribution is 2.26. The minimum Gasteiger partial charge on any atom is -0.508 e. The van der Waals surface area contributed by atoms with E-state index in [1.54, 1.807) is 37.1 Å². The van der Waals surface area contributed by atoms with Gasteiger partial charge in [0.1, 0.15) is 17.8 Å². The van der Waals surface area contributed by atoms with Gasteiger partial charge in [0.05, 0.1) is 12.0 Å². The van der Waals surface area contributed by atoms with Crippen LogP contribution in [-0.2, 0) is 33.6 Å². The number of aryl methyl sites for hydroxylation is 2. The van der Waals surface area contributed by atoms with E-state index in [4.69, 9.17) is 26.1 Å². The Labute approximate surface area is 323 Å². The van der Waals surface area contributed by atoms with Crippen LogP contribution in [-0.4, -0.2) is 79.2 Å². The predicted molar refractivity (Wildman–Crippen MR) is 206 cm³/mol. The van der Waals surface area contributed by atoms with Crippen LogP contribution < -0.4 is 22.1 Å². The minimum absolute atomic E-state index is 0.0325. The maximum Gasteiger partial charge on any atom is 0.405 e. The molecule has 16 heteroatoms.